The monoisotopic (exact) mass is 232 g/mol. The molecule has 1 aromatic carbocycles. The number of benzene rings is 1. The molecular formula is C14H16O3. The Morgan fingerprint density at radius 1 is 1.35 bits per heavy atom. The third kappa shape index (κ3) is 2.74. The van der Waals surface area contributed by atoms with E-state index in [0.717, 1.165) is 18.4 Å². The van der Waals surface area contributed by atoms with Crippen molar-refractivity contribution in [2.75, 3.05) is 13.7 Å². The molecule has 1 unspecified atom stereocenters. The lowest BCUT2D eigenvalue weighted by atomic mass is 9.97. The number of methoxy groups -OCH3 is 1. The van der Waals surface area contributed by atoms with Crippen LogP contribution in [0, 0.1) is 0 Å². The molecule has 17 heavy (non-hydrogen) atoms. The second-order valence-corrected chi connectivity index (χ2v) is 4.01. The quantitative estimate of drug-likeness (QED) is 0.800. The van der Waals surface area contributed by atoms with Gasteiger partial charge in [0.25, 0.3) is 0 Å². The normalized spacial score (nSPS) is 16.9. The summed E-state index contributed by atoms with van der Waals surface area (Å²) in [7, 11) is 1.56. The smallest absolute Gasteiger partial charge is 0.195 e. The summed E-state index contributed by atoms with van der Waals surface area (Å²) in [6, 6.07) is 9.52. The largest absolute Gasteiger partial charge is 0.501 e. The van der Waals surface area contributed by atoms with Gasteiger partial charge in [0.05, 0.1) is 12.9 Å². The molecule has 1 atom stereocenters. The molecule has 3 nitrogen and oxygen atoms in total. The Bertz CT molecular complexity index is 409. The minimum Gasteiger partial charge on any atom is -0.501 e. The molecule has 0 fully saturated rings. The van der Waals surface area contributed by atoms with E-state index in [1.807, 2.05) is 30.3 Å². The zero-order valence-electron chi connectivity index (χ0n) is 9.89. The van der Waals surface area contributed by atoms with Gasteiger partial charge in [-0.2, -0.15) is 0 Å². The van der Waals surface area contributed by atoms with E-state index in [1.54, 1.807) is 13.4 Å². The lowest BCUT2D eigenvalue weighted by Crippen LogP contribution is -2.19. The first kappa shape index (κ1) is 11.9. The fourth-order valence-electron chi connectivity index (χ4n) is 1.94. The molecule has 3 heteroatoms. The summed E-state index contributed by atoms with van der Waals surface area (Å²) in [6.45, 7) is 0.694. The van der Waals surface area contributed by atoms with Crippen molar-refractivity contribution < 1.29 is 14.3 Å². The molecule has 90 valence electrons. The topological polar surface area (TPSA) is 35.5 Å². The van der Waals surface area contributed by atoms with E-state index >= 15 is 0 Å². The van der Waals surface area contributed by atoms with E-state index in [0.29, 0.717) is 12.2 Å². The molecule has 0 aliphatic carbocycles. The molecule has 0 spiro atoms. The van der Waals surface area contributed by atoms with Gasteiger partial charge in [-0.25, -0.2) is 0 Å². The van der Waals surface area contributed by atoms with E-state index in [1.165, 1.54) is 0 Å². The first-order chi connectivity index (χ1) is 8.33. The minimum absolute atomic E-state index is 0.00148. The molecule has 1 aliphatic rings. The van der Waals surface area contributed by atoms with Gasteiger partial charge in [-0.05, 0) is 18.4 Å². The van der Waals surface area contributed by atoms with E-state index in [4.69, 9.17) is 9.47 Å². The maximum Gasteiger partial charge on any atom is 0.195 e. The Labute approximate surface area is 101 Å². The Morgan fingerprint density at radius 3 is 2.71 bits per heavy atom. The van der Waals surface area contributed by atoms with Crippen molar-refractivity contribution in [2.24, 2.45) is 0 Å². The molecular weight excluding hydrogens is 216 g/mol. The standard InChI is InChI=1S/C14H16O3/c1-16-14(11-6-3-2-4-7-11)13(15)12-8-5-9-17-10-12/h2-4,6-7,10,14H,5,8-9H2,1H3. The van der Waals surface area contributed by atoms with Crippen LogP contribution >= 0.6 is 0 Å². The second-order valence-electron chi connectivity index (χ2n) is 4.01. The molecule has 2 rings (SSSR count). The van der Waals surface area contributed by atoms with E-state index in [9.17, 15) is 4.79 Å². The van der Waals surface area contributed by atoms with Crippen LogP contribution in [0.25, 0.3) is 0 Å². The van der Waals surface area contributed by atoms with Crippen molar-refractivity contribution in [3.8, 4) is 0 Å². The van der Waals surface area contributed by atoms with Gasteiger partial charge in [-0.3, -0.25) is 4.79 Å². The van der Waals surface area contributed by atoms with Crippen molar-refractivity contribution in [1.29, 1.82) is 0 Å². The van der Waals surface area contributed by atoms with Crippen LogP contribution in [0.5, 0.6) is 0 Å². The highest BCUT2D eigenvalue weighted by molar-refractivity contribution is 5.99. The highest BCUT2D eigenvalue weighted by atomic mass is 16.5. The predicted molar refractivity (Wildman–Crippen MR) is 64.5 cm³/mol. The molecule has 1 heterocycles. The molecule has 1 aromatic rings. The summed E-state index contributed by atoms with van der Waals surface area (Å²) in [5.74, 6) is -0.00148. The molecule has 0 N–H and O–H groups in total. The molecule has 0 amide bonds. The SMILES string of the molecule is COC(C(=O)C1=COCCC1)c1ccccc1. The summed E-state index contributed by atoms with van der Waals surface area (Å²) < 4.78 is 10.5. The number of ketones is 1. The maximum atomic E-state index is 12.3. The lowest BCUT2D eigenvalue weighted by molar-refractivity contribution is -0.125. The zero-order chi connectivity index (χ0) is 12.1. The van der Waals surface area contributed by atoms with Crippen LogP contribution in [-0.2, 0) is 14.3 Å². The summed E-state index contributed by atoms with van der Waals surface area (Å²) in [4.78, 5) is 12.3. The van der Waals surface area contributed by atoms with Crippen LogP contribution in [0.2, 0.25) is 0 Å². The Morgan fingerprint density at radius 2 is 2.12 bits per heavy atom. The van der Waals surface area contributed by atoms with Crippen LogP contribution in [-0.4, -0.2) is 19.5 Å². The number of hydrogen-bond acceptors (Lipinski definition) is 3. The molecule has 0 radical (unpaired) electrons. The van der Waals surface area contributed by atoms with Gasteiger partial charge >= 0.3 is 0 Å². The molecule has 0 saturated heterocycles. The highest BCUT2D eigenvalue weighted by Gasteiger charge is 2.24. The number of Topliss-reactive ketones (excluding diaryl/α,β-unsaturated/α-hetero) is 1. The number of carbonyl (C=O) groups excluding carboxylic acids is 1. The first-order valence-corrected chi connectivity index (χ1v) is 5.75. The average molecular weight is 232 g/mol. The molecule has 0 aromatic heterocycles. The minimum atomic E-state index is -0.524. The van der Waals surface area contributed by atoms with Crippen LogP contribution in [0.1, 0.15) is 24.5 Å². The van der Waals surface area contributed by atoms with Crippen LogP contribution in [0.4, 0.5) is 0 Å². The van der Waals surface area contributed by atoms with Crippen LogP contribution < -0.4 is 0 Å². The van der Waals surface area contributed by atoms with Gasteiger partial charge in [0.1, 0.15) is 6.10 Å². The molecule has 0 bridgehead atoms. The number of rotatable bonds is 4. The van der Waals surface area contributed by atoms with E-state index in [-0.39, 0.29) is 5.78 Å². The van der Waals surface area contributed by atoms with Crippen molar-refractivity contribution in [1.82, 2.24) is 0 Å². The summed E-state index contributed by atoms with van der Waals surface area (Å²) in [6.07, 6.45) is 2.71. The first-order valence-electron chi connectivity index (χ1n) is 5.75. The maximum absolute atomic E-state index is 12.3. The summed E-state index contributed by atoms with van der Waals surface area (Å²) in [5, 5.41) is 0. The molecule has 0 saturated carbocycles. The Kier molecular flexibility index (Phi) is 3.94. The average Bonchev–Trinajstić information content (AvgIpc) is 2.42. The van der Waals surface area contributed by atoms with Crippen molar-refractivity contribution in [3.63, 3.8) is 0 Å². The van der Waals surface area contributed by atoms with Gasteiger partial charge < -0.3 is 9.47 Å². The van der Waals surface area contributed by atoms with E-state index in [2.05, 4.69) is 0 Å². The van der Waals surface area contributed by atoms with Crippen molar-refractivity contribution in [3.05, 3.63) is 47.7 Å². The number of carbonyl (C=O) groups is 1. The fourth-order valence-corrected chi connectivity index (χ4v) is 1.94. The van der Waals surface area contributed by atoms with Gasteiger partial charge in [-0.15, -0.1) is 0 Å². The van der Waals surface area contributed by atoms with E-state index < -0.39 is 6.10 Å². The molecule has 1 aliphatic heterocycles. The van der Waals surface area contributed by atoms with Crippen LogP contribution in [0.3, 0.4) is 0 Å². The third-order valence-corrected chi connectivity index (χ3v) is 2.83. The highest BCUT2D eigenvalue weighted by Crippen LogP contribution is 2.24. The zero-order valence-corrected chi connectivity index (χ0v) is 9.89. The number of ether oxygens (including phenoxy) is 2. The fraction of sp³-hybridized carbons (Fsp3) is 0.357. The summed E-state index contributed by atoms with van der Waals surface area (Å²) in [5.41, 5.74) is 1.60. The lowest BCUT2D eigenvalue weighted by Gasteiger charge is -2.18. The van der Waals surface area contributed by atoms with Crippen molar-refractivity contribution >= 4 is 5.78 Å². The van der Waals surface area contributed by atoms with Gasteiger partial charge in [0, 0.05) is 12.7 Å². The predicted octanol–water partition coefficient (Wildman–Crippen LogP) is 2.64. The Balaban J connectivity index is 2.19. The van der Waals surface area contributed by atoms with Crippen molar-refractivity contribution in [2.45, 2.75) is 18.9 Å². The van der Waals surface area contributed by atoms with Gasteiger partial charge in [-0.1, -0.05) is 30.3 Å². The van der Waals surface area contributed by atoms with Crippen LogP contribution in [0.15, 0.2) is 42.2 Å². The number of hydrogen-bond donors (Lipinski definition) is 0. The van der Waals surface area contributed by atoms with Gasteiger partial charge in [0.15, 0.2) is 5.78 Å². The second kappa shape index (κ2) is 5.64. The summed E-state index contributed by atoms with van der Waals surface area (Å²) >= 11 is 0. The van der Waals surface area contributed by atoms with Gasteiger partial charge in [0.2, 0.25) is 0 Å². The Hall–Kier alpha value is -1.61. The third-order valence-electron chi connectivity index (χ3n) is 2.83.